The van der Waals surface area contributed by atoms with Crippen LogP contribution < -0.4 is 10.1 Å². The van der Waals surface area contributed by atoms with E-state index in [-0.39, 0.29) is 0 Å². The number of benzene rings is 2. The zero-order valence-corrected chi connectivity index (χ0v) is 12.1. The van der Waals surface area contributed by atoms with E-state index in [9.17, 15) is 0 Å². The summed E-state index contributed by atoms with van der Waals surface area (Å²) in [7, 11) is 1.69. The zero-order valence-electron chi connectivity index (χ0n) is 12.1. The molecule has 0 bridgehead atoms. The fraction of sp³-hybridized carbons (Fsp3) is 0.294. The van der Waals surface area contributed by atoms with Crippen LogP contribution in [0.25, 0.3) is 0 Å². The molecule has 2 heteroatoms. The summed E-state index contributed by atoms with van der Waals surface area (Å²) in [6.45, 7) is 6.43. The third-order valence-electron chi connectivity index (χ3n) is 3.45. The van der Waals surface area contributed by atoms with Gasteiger partial charge >= 0.3 is 0 Å². The molecule has 0 radical (unpaired) electrons. The summed E-state index contributed by atoms with van der Waals surface area (Å²) in [5, 5.41) is 3.47. The van der Waals surface area contributed by atoms with Crippen molar-refractivity contribution in [1.82, 2.24) is 0 Å². The lowest BCUT2D eigenvalue weighted by Crippen LogP contribution is -1.96. The van der Waals surface area contributed by atoms with Crippen molar-refractivity contribution >= 4 is 11.4 Å². The third kappa shape index (κ3) is 3.08. The number of anilines is 2. The van der Waals surface area contributed by atoms with Crippen LogP contribution in [0.4, 0.5) is 11.4 Å². The minimum absolute atomic E-state index is 0.871. The summed E-state index contributed by atoms with van der Waals surface area (Å²) in [6, 6.07) is 12.6. The van der Waals surface area contributed by atoms with Gasteiger partial charge in [0.2, 0.25) is 0 Å². The Morgan fingerprint density at radius 3 is 2.42 bits per heavy atom. The average molecular weight is 255 g/mol. The van der Waals surface area contributed by atoms with Gasteiger partial charge in [0.1, 0.15) is 5.75 Å². The molecule has 0 fully saturated rings. The Labute approximate surface area is 115 Å². The first-order chi connectivity index (χ1) is 9.13. The molecule has 0 saturated heterocycles. The number of ether oxygens (including phenoxy) is 1. The van der Waals surface area contributed by atoms with Crippen LogP contribution in [-0.2, 0) is 6.42 Å². The Balaban J connectivity index is 2.30. The van der Waals surface area contributed by atoms with Crippen LogP contribution in [0.2, 0.25) is 0 Å². The van der Waals surface area contributed by atoms with Gasteiger partial charge in [-0.2, -0.15) is 0 Å². The lowest BCUT2D eigenvalue weighted by atomic mass is 10.1. The van der Waals surface area contributed by atoms with E-state index >= 15 is 0 Å². The number of aryl methyl sites for hydroxylation is 3. The summed E-state index contributed by atoms with van der Waals surface area (Å²) in [5.41, 5.74) is 6.14. The van der Waals surface area contributed by atoms with Gasteiger partial charge in [-0.15, -0.1) is 0 Å². The Hall–Kier alpha value is -1.96. The van der Waals surface area contributed by atoms with Gasteiger partial charge in [-0.05, 0) is 55.2 Å². The summed E-state index contributed by atoms with van der Waals surface area (Å²) >= 11 is 0. The van der Waals surface area contributed by atoms with Gasteiger partial charge < -0.3 is 10.1 Å². The molecule has 100 valence electrons. The molecule has 2 nitrogen and oxygen atoms in total. The second-order valence-electron chi connectivity index (χ2n) is 4.80. The first kappa shape index (κ1) is 13.5. The first-order valence-corrected chi connectivity index (χ1v) is 6.65. The first-order valence-electron chi connectivity index (χ1n) is 6.65. The van der Waals surface area contributed by atoms with Crippen molar-refractivity contribution in [2.45, 2.75) is 27.2 Å². The van der Waals surface area contributed by atoms with Crippen LogP contribution in [-0.4, -0.2) is 7.11 Å². The number of hydrogen-bond donors (Lipinski definition) is 1. The lowest BCUT2D eigenvalue weighted by molar-refractivity contribution is 0.415. The quantitative estimate of drug-likeness (QED) is 0.860. The molecule has 19 heavy (non-hydrogen) atoms. The van der Waals surface area contributed by atoms with E-state index in [1.54, 1.807) is 7.11 Å². The Kier molecular flexibility index (Phi) is 4.10. The van der Waals surface area contributed by atoms with Crippen molar-refractivity contribution in [3.63, 3.8) is 0 Å². The molecule has 0 unspecified atom stereocenters. The minimum Gasteiger partial charge on any atom is -0.497 e. The standard InChI is InChI=1S/C17H21NO/c1-5-14-10-15(8-6-12(14)2)18-17-11-16(19-4)9-7-13(17)3/h6-11,18H,5H2,1-4H3. The number of rotatable bonds is 4. The SMILES string of the molecule is CCc1cc(Nc2cc(OC)ccc2C)ccc1C. The fourth-order valence-corrected chi connectivity index (χ4v) is 2.15. The van der Waals surface area contributed by atoms with Gasteiger partial charge in [-0.25, -0.2) is 0 Å². The molecule has 0 heterocycles. The molecule has 1 N–H and O–H groups in total. The molecule has 2 rings (SSSR count). The minimum atomic E-state index is 0.871. The average Bonchev–Trinajstić information content (AvgIpc) is 2.43. The summed E-state index contributed by atoms with van der Waals surface area (Å²) in [5.74, 6) is 0.871. The van der Waals surface area contributed by atoms with E-state index < -0.39 is 0 Å². The Bertz CT molecular complexity index is 575. The fourth-order valence-electron chi connectivity index (χ4n) is 2.15. The summed E-state index contributed by atoms with van der Waals surface area (Å²) in [6.07, 6.45) is 1.05. The van der Waals surface area contributed by atoms with Gasteiger partial charge in [0.05, 0.1) is 7.11 Å². The van der Waals surface area contributed by atoms with Crippen LogP contribution in [0.3, 0.4) is 0 Å². The predicted molar refractivity (Wildman–Crippen MR) is 81.6 cm³/mol. The maximum Gasteiger partial charge on any atom is 0.120 e. The normalized spacial score (nSPS) is 10.3. The highest BCUT2D eigenvalue weighted by molar-refractivity contribution is 5.65. The highest BCUT2D eigenvalue weighted by Crippen LogP contribution is 2.26. The maximum atomic E-state index is 5.27. The number of methoxy groups -OCH3 is 1. The van der Waals surface area contributed by atoms with Crippen molar-refractivity contribution in [2.75, 3.05) is 12.4 Å². The van der Waals surface area contributed by atoms with Crippen LogP contribution in [0.1, 0.15) is 23.6 Å². The van der Waals surface area contributed by atoms with Crippen molar-refractivity contribution in [3.05, 3.63) is 53.1 Å². The predicted octanol–water partition coefficient (Wildman–Crippen LogP) is 4.62. The highest BCUT2D eigenvalue weighted by Gasteiger charge is 2.03. The molecule has 0 aliphatic rings. The molecular formula is C17H21NO. The van der Waals surface area contributed by atoms with Gasteiger partial charge in [-0.1, -0.05) is 19.1 Å². The third-order valence-corrected chi connectivity index (χ3v) is 3.45. The summed E-state index contributed by atoms with van der Waals surface area (Å²) in [4.78, 5) is 0. The molecule has 0 aliphatic heterocycles. The molecule has 2 aromatic carbocycles. The Morgan fingerprint density at radius 1 is 1.00 bits per heavy atom. The van der Waals surface area contributed by atoms with E-state index in [0.717, 1.165) is 23.5 Å². The van der Waals surface area contributed by atoms with E-state index in [2.05, 4.69) is 50.4 Å². The second-order valence-corrected chi connectivity index (χ2v) is 4.80. The largest absolute Gasteiger partial charge is 0.497 e. The molecule has 0 amide bonds. The van der Waals surface area contributed by atoms with E-state index in [0.29, 0.717) is 0 Å². The molecule has 0 spiro atoms. The molecule has 0 aromatic heterocycles. The van der Waals surface area contributed by atoms with Crippen molar-refractivity contribution in [1.29, 1.82) is 0 Å². The van der Waals surface area contributed by atoms with Crippen molar-refractivity contribution in [2.24, 2.45) is 0 Å². The van der Waals surface area contributed by atoms with E-state index in [1.165, 1.54) is 16.7 Å². The van der Waals surface area contributed by atoms with Crippen molar-refractivity contribution < 1.29 is 4.74 Å². The Morgan fingerprint density at radius 2 is 1.74 bits per heavy atom. The van der Waals surface area contributed by atoms with Crippen LogP contribution in [0.15, 0.2) is 36.4 Å². The van der Waals surface area contributed by atoms with Gasteiger partial charge in [0.25, 0.3) is 0 Å². The van der Waals surface area contributed by atoms with Gasteiger partial charge in [0, 0.05) is 17.4 Å². The smallest absolute Gasteiger partial charge is 0.120 e. The van der Waals surface area contributed by atoms with Crippen LogP contribution in [0, 0.1) is 13.8 Å². The molecule has 2 aromatic rings. The molecule has 0 saturated carbocycles. The highest BCUT2D eigenvalue weighted by atomic mass is 16.5. The topological polar surface area (TPSA) is 21.3 Å². The number of nitrogens with one attached hydrogen (secondary N) is 1. The summed E-state index contributed by atoms with van der Waals surface area (Å²) < 4.78 is 5.27. The van der Waals surface area contributed by atoms with Gasteiger partial charge in [0.15, 0.2) is 0 Å². The van der Waals surface area contributed by atoms with Gasteiger partial charge in [-0.3, -0.25) is 0 Å². The van der Waals surface area contributed by atoms with Crippen molar-refractivity contribution in [3.8, 4) is 5.75 Å². The molecular weight excluding hydrogens is 234 g/mol. The zero-order chi connectivity index (χ0) is 13.8. The monoisotopic (exact) mass is 255 g/mol. The van der Waals surface area contributed by atoms with E-state index in [4.69, 9.17) is 4.74 Å². The van der Waals surface area contributed by atoms with Crippen LogP contribution >= 0.6 is 0 Å². The number of hydrogen-bond acceptors (Lipinski definition) is 2. The maximum absolute atomic E-state index is 5.27. The second kappa shape index (κ2) is 5.79. The van der Waals surface area contributed by atoms with E-state index in [1.807, 2.05) is 12.1 Å². The lowest BCUT2D eigenvalue weighted by Gasteiger charge is -2.13. The van der Waals surface area contributed by atoms with Crippen LogP contribution in [0.5, 0.6) is 5.75 Å². The molecule has 0 aliphatic carbocycles. The molecule has 0 atom stereocenters.